The summed E-state index contributed by atoms with van der Waals surface area (Å²) in [6.07, 6.45) is 5.77. The SMILES string of the molecule is CC.FC(F)(F)Cn1ccc2cccnc21.O=c1[nH]cc(-c2cc(C3CC3)c3nccn3n2)c(=O)[nH]1. The van der Waals surface area contributed by atoms with E-state index in [9.17, 15) is 22.8 Å². The van der Waals surface area contributed by atoms with Gasteiger partial charge in [-0.25, -0.2) is 19.3 Å². The number of hydrogen-bond acceptors (Lipinski definition) is 5. The second-order valence-electron chi connectivity index (χ2n) is 7.92. The average Bonchev–Trinajstić information content (AvgIpc) is 3.46. The first kappa shape index (κ1) is 24.9. The molecule has 0 bridgehead atoms. The summed E-state index contributed by atoms with van der Waals surface area (Å²) in [5, 5.41) is 5.10. The summed E-state index contributed by atoms with van der Waals surface area (Å²) in [4.78, 5) is 35.8. The van der Waals surface area contributed by atoms with Gasteiger partial charge in [-0.15, -0.1) is 0 Å². The summed E-state index contributed by atoms with van der Waals surface area (Å²) in [6, 6.07) is 6.94. The molecule has 188 valence electrons. The van der Waals surface area contributed by atoms with Crippen LogP contribution in [-0.2, 0) is 6.54 Å². The highest BCUT2D eigenvalue weighted by atomic mass is 19.4. The van der Waals surface area contributed by atoms with Gasteiger partial charge in [-0.1, -0.05) is 13.8 Å². The zero-order valence-electron chi connectivity index (χ0n) is 19.6. The number of fused-ring (bicyclic) bond motifs is 2. The lowest BCUT2D eigenvalue weighted by Gasteiger charge is -2.07. The van der Waals surface area contributed by atoms with Crippen molar-refractivity contribution in [3.63, 3.8) is 0 Å². The largest absolute Gasteiger partial charge is 0.406 e. The van der Waals surface area contributed by atoms with Gasteiger partial charge in [0.05, 0.1) is 11.3 Å². The zero-order chi connectivity index (χ0) is 25.9. The van der Waals surface area contributed by atoms with Gasteiger partial charge in [0, 0.05) is 41.9 Å². The number of H-pyrrole nitrogens is 2. The number of halogens is 3. The first-order valence-electron chi connectivity index (χ1n) is 11.4. The fourth-order valence-corrected chi connectivity index (χ4v) is 3.71. The van der Waals surface area contributed by atoms with E-state index in [1.807, 2.05) is 19.9 Å². The first-order valence-corrected chi connectivity index (χ1v) is 11.4. The number of hydrogen-bond donors (Lipinski definition) is 2. The molecule has 0 spiro atoms. The Morgan fingerprint density at radius 3 is 2.50 bits per heavy atom. The van der Waals surface area contributed by atoms with Gasteiger partial charge in [0.1, 0.15) is 12.2 Å². The molecule has 5 heterocycles. The van der Waals surface area contributed by atoms with E-state index >= 15 is 0 Å². The van der Waals surface area contributed by atoms with E-state index in [4.69, 9.17) is 0 Å². The number of pyridine rings is 1. The van der Waals surface area contributed by atoms with Crippen LogP contribution in [0.2, 0.25) is 0 Å². The van der Waals surface area contributed by atoms with Gasteiger partial charge >= 0.3 is 11.9 Å². The Bertz CT molecular complexity index is 1590. The number of nitrogens with one attached hydrogen (secondary N) is 2. The third-order valence-corrected chi connectivity index (χ3v) is 5.37. The van der Waals surface area contributed by atoms with Crippen molar-refractivity contribution in [2.75, 3.05) is 0 Å². The highest BCUT2D eigenvalue weighted by Crippen LogP contribution is 2.42. The number of rotatable bonds is 3. The minimum atomic E-state index is -4.20. The van der Waals surface area contributed by atoms with Crippen LogP contribution < -0.4 is 11.2 Å². The molecule has 0 radical (unpaired) electrons. The molecule has 0 amide bonds. The van der Waals surface area contributed by atoms with E-state index in [2.05, 4.69) is 25.0 Å². The molecule has 6 rings (SSSR count). The topological polar surface area (TPSA) is 114 Å². The molecule has 2 N–H and O–H groups in total. The molecule has 1 fully saturated rings. The third kappa shape index (κ3) is 5.53. The van der Waals surface area contributed by atoms with Crippen molar-refractivity contribution in [3.05, 3.63) is 81.7 Å². The van der Waals surface area contributed by atoms with Gasteiger partial charge < -0.3 is 9.55 Å². The summed E-state index contributed by atoms with van der Waals surface area (Å²) in [5.74, 6) is 0.489. The molecule has 12 heteroatoms. The van der Waals surface area contributed by atoms with Gasteiger partial charge in [-0.05, 0) is 43.0 Å². The van der Waals surface area contributed by atoms with Crippen LogP contribution in [0.4, 0.5) is 13.2 Å². The van der Waals surface area contributed by atoms with Crippen LogP contribution in [0.3, 0.4) is 0 Å². The molecule has 1 aliphatic rings. The molecule has 0 aliphatic heterocycles. The average molecular weight is 499 g/mol. The zero-order valence-corrected chi connectivity index (χ0v) is 19.6. The first-order chi connectivity index (χ1) is 17.3. The molecule has 0 unspecified atom stereocenters. The lowest BCUT2D eigenvalue weighted by molar-refractivity contribution is -0.139. The van der Waals surface area contributed by atoms with Crippen molar-refractivity contribution in [1.82, 2.24) is 34.1 Å². The lowest BCUT2D eigenvalue weighted by Crippen LogP contribution is -2.23. The summed E-state index contributed by atoms with van der Waals surface area (Å²) in [6.45, 7) is 3.01. The number of imidazole rings is 1. The van der Waals surface area contributed by atoms with Crippen molar-refractivity contribution in [3.8, 4) is 11.3 Å². The molecule has 1 aliphatic carbocycles. The Labute approximate surface area is 202 Å². The number of nitrogens with zero attached hydrogens (tertiary/aromatic N) is 5. The van der Waals surface area contributed by atoms with Gasteiger partial charge in [-0.3, -0.25) is 9.78 Å². The second kappa shape index (κ2) is 10.2. The monoisotopic (exact) mass is 499 g/mol. The molecule has 9 nitrogen and oxygen atoms in total. The van der Waals surface area contributed by atoms with E-state index in [0.29, 0.717) is 22.8 Å². The van der Waals surface area contributed by atoms with E-state index in [-0.39, 0.29) is 0 Å². The number of aromatic amines is 2. The Morgan fingerprint density at radius 1 is 1.06 bits per heavy atom. The Morgan fingerprint density at radius 2 is 1.81 bits per heavy atom. The quantitative estimate of drug-likeness (QED) is 0.385. The van der Waals surface area contributed by atoms with Crippen molar-refractivity contribution >= 4 is 16.7 Å². The fourth-order valence-electron chi connectivity index (χ4n) is 3.71. The van der Waals surface area contributed by atoms with Crippen LogP contribution in [0.5, 0.6) is 0 Å². The van der Waals surface area contributed by atoms with E-state index in [1.54, 1.807) is 35.1 Å². The maximum absolute atomic E-state index is 12.1. The number of alkyl halides is 3. The normalized spacial score (nSPS) is 13.1. The number of aromatic nitrogens is 7. The van der Waals surface area contributed by atoms with Crippen molar-refractivity contribution in [2.45, 2.75) is 45.3 Å². The highest BCUT2D eigenvalue weighted by Gasteiger charge is 2.29. The molecule has 5 aromatic heterocycles. The molecular formula is C24H24F3N7O2. The fraction of sp³-hybridized carbons (Fsp3) is 0.292. The standard InChI is InChI=1S/C13H11N5O2.C9H7F3N2.C2H6/c19-12-9(6-15-13(20)16-12)10-5-8(7-1-2-7)11-14-3-4-18(11)17-10;10-9(11,12)6-14-5-3-7-2-1-4-13-8(7)14;1-2/h3-7H,1-2H2,(H2,15,16,19,20);1-5H,6H2;1-2H3. The predicted molar refractivity (Wildman–Crippen MR) is 129 cm³/mol. The highest BCUT2D eigenvalue weighted by molar-refractivity contribution is 5.75. The Balaban J connectivity index is 0.000000168. The van der Waals surface area contributed by atoms with Gasteiger partial charge in [0.25, 0.3) is 5.56 Å². The maximum atomic E-state index is 12.1. The summed E-state index contributed by atoms with van der Waals surface area (Å²) in [5.41, 5.74) is 2.22. The van der Waals surface area contributed by atoms with Crippen LogP contribution in [0.15, 0.2) is 64.8 Å². The van der Waals surface area contributed by atoms with E-state index in [1.165, 1.54) is 18.6 Å². The van der Waals surface area contributed by atoms with Crippen LogP contribution >= 0.6 is 0 Å². The summed E-state index contributed by atoms with van der Waals surface area (Å²) < 4.78 is 39.1. The molecular weight excluding hydrogens is 475 g/mol. The molecule has 1 saturated carbocycles. The van der Waals surface area contributed by atoms with Crippen LogP contribution in [0.25, 0.3) is 27.9 Å². The van der Waals surface area contributed by atoms with Crippen molar-refractivity contribution in [2.24, 2.45) is 0 Å². The Kier molecular flexibility index (Phi) is 7.04. The van der Waals surface area contributed by atoms with Gasteiger partial charge in [0.2, 0.25) is 0 Å². The third-order valence-electron chi connectivity index (χ3n) is 5.37. The molecule has 36 heavy (non-hydrogen) atoms. The minimum Gasteiger partial charge on any atom is -0.323 e. The summed E-state index contributed by atoms with van der Waals surface area (Å²) >= 11 is 0. The maximum Gasteiger partial charge on any atom is 0.406 e. The summed E-state index contributed by atoms with van der Waals surface area (Å²) in [7, 11) is 0. The molecule has 0 saturated heterocycles. The second-order valence-corrected chi connectivity index (χ2v) is 7.92. The van der Waals surface area contributed by atoms with Crippen LogP contribution in [-0.4, -0.2) is 40.3 Å². The Hall–Kier alpha value is -4.22. The molecule has 0 aromatic carbocycles. The van der Waals surface area contributed by atoms with Crippen molar-refractivity contribution in [1.29, 1.82) is 0 Å². The van der Waals surface area contributed by atoms with Crippen LogP contribution in [0, 0.1) is 0 Å². The molecule has 0 atom stereocenters. The van der Waals surface area contributed by atoms with E-state index in [0.717, 1.165) is 34.0 Å². The predicted octanol–water partition coefficient (Wildman–Crippen LogP) is 4.28. The molecule has 5 aromatic rings. The van der Waals surface area contributed by atoms with E-state index < -0.39 is 24.0 Å². The minimum absolute atomic E-state index is 0.349. The lowest BCUT2D eigenvalue weighted by atomic mass is 10.1. The van der Waals surface area contributed by atoms with Gasteiger partial charge in [-0.2, -0.15) is 18.3 Å². The van der Waals surface area contributed by atoms with Crippen molar-refractivity contribution < 1.29 is 13.2 Å². The van der Waals surface area contributed by atoms with Gasteiger partial charge in [0.15, 0.2) is 5.65 Å². The van der Waals surface area contributed by atoms with Crippen LogP contribution in [0.1, 0.15) is 38.2 Å². The smallest absolute Gasteiger partial charge is 0.323 e.